The summed E-state index contributed by atoms with van der Waals surface area (Å²) >= 11 is 0. The minimum Gasteiger partial charge on any atom is -0.382 e. The zero-order chi connectivity index (χ0) is 14.0. The Labute approximate surface area is 108 Å². The molecule has 1 atom stereocenters. The van der Waals surface area contributed by atoms with Gasteiger partial charge >= 0.3 is 7.82 Å². The van der Waals surface area contributed by atoms with Crippen LogP contribution in [0.25, 0.3) is 11.2 Å². The van der Waals surface area contributed by atoms with Crippen molar-refractivity contribution in [3.63, 3.8) is 0 Å². The number of phosphoric acid groups is 1. The van der Waals surface area contributed by atoms with Crippen LogP contribution in [0.15, 0.2) is 12.7 Å². The summed E-state index contributed by atoms with van der Waals surface area (Å²) in [5.41, 5.74) is 6.75. The molecule has 104 valence electrons. The molecule has 0 saturated carbocycles. The number of fused-ring (bicyclic) bond motifs is 1. The first-order chi connectivity index (χ1) is 8.87. The van der Waals surface area contributed by atoms with Gasteiger partial charge < -0.3 is 20.1 Å². The molecule has 0 radical (unpaired) electrons. The third-order valence-electron chi connectivity index (χ3n) is 2.47. The first kappa shape index (κ1) is 13.9. The van der Waals surface area contributed by atoms with Crippen LogP contribution in [-0.4, -0.2) is 35.9 Å². The van der Waals surface area contributed by atoms with Crippen LogP contribution in [0.4, 0.5) is 5.82 Å². The van der Waals surface area contributed by atoms with Crippen molar-refractivity contribution in [1.82, 2.24) is 19.5 Å². The van der Waals surface area contributed by atoms with E-state index in [0.29, 0.717) is 23.5 Å². The summed E-state index contributed by atoms with van der Waals surface area (Å²) in [6.45, 7) is 2.18. The number of nitrogens with two attached hydrogens (primary N) is 1. The lowest BCUT2D eigenvalue weighted by Crippen LogP contribution is -2.13. The summed E-state index contributed by atoms with van der Waals surface area (Å²) in [6.07, 6.45) is 2.90. The molecule has 0 unspecified atom stereocenters. The summed E-state index contributed by atoms with van der Waals surface area (Å²) in [6, 6.07) is 0. The second kappa shape index (κ2) is 5.22. The summed E-state index contributed by atoms with van der Waals surface area (Å²) in [7, 11) is -4.44. The van der Waals surface area contributed by atoms with Crippen molar-refractivity contribution in [2.75, 3.05) is 12.3 Å². The molecule has 0 amide bonds. The Kier molecular flexibility index (Phi) is 3.81. The smallest absolute Gasteiger partial charge is 0.382 e. The fourth-order valence-electron chi connectivity index (χ4n) is 1.65. The molecule has 0 aromatic carbocycles. The highest BCUT2D eigenvalue weighted by atomic mass is 31.2. The van der Waals surface area contributed by atoms with Gasteiger partial charge in [0.2, 0.25) is 0 Å². The normalized spacial score (nSPS) is 13.8. The minimum absolute atomic E-state index is 0.0650. The Bertz CT molecular complexity index is 624. The van der Waals surface area contributed by atoms with E-state index in [1.165, 1.54) is 6.33 Å². The molecule has 0 saturated heterocycles. The minimum atomic E-state index is -4.44. The van der Waals surface area contributed by atoms with E-state index in [1.807, 2.05) is 0 Å². The molecule has 0 aliphatic heterocycles. The highest BCUT2D eigenvalue weighted by Gasteiger charge is 2.17. The first-order valence-electron chi connectivity index (χ1n) is 5.48. The number of hydrogen-bond acceptors (Lipinski definition) is 6. The summed E-state index contributed by atoms with van der Waals surface area (Å²) < 4.78 is 16.8. The van der Waals surface area contributed by atoms with Crippen LogP contribution in [-0.2, 0) is 15.6 Å². The Morgan fingerprint density at radius 3 is 2.89 bits per heavy atom. The zero-order valence-corrected chi connectivity index (χ0v) is 11.1. The van der Waals surface area contributed by atoms with Gasteiger partial charge in [0.1, 0.15) is 11.8 Å². The third-order valence-corrected chi connectivity index (χ3v) is 2.95. The zero-order valence-electron chi connectivity index (χ0n) is 10.2. The van der Waals surface area contributed by atoms with Gasteiger partial charge in [-0.1, -0.05) is 6.92 Å². The van der Waals surface area contributed by atoms with Crippen LogP contribution in [0, 0.1) is 5.92 Å². The van der Waals surface area contributed by atoms with Gasteiger partial charge in [0, 0.05) is 6.54 Å². The van der Waals surface area contributed by atoms with E-state index in [9.17, 15) is 4.57 Å². The lowest BCUT2D eigenvalue weighted by atomic mass is 10.2. The van der Waals surface area contributed by atoms with Gasteiger partial charge in [-0.3, -0.25) is 4.52 Å². The van der Waals surface area contributed by atoms with Gasteiger partial charge in [-0.15, -0.1) is 0 Å². The summed E-state index contributed by atoms with van der Waals surface area (Å²) in [5.74, 6) is 0.170. The number of phosphoric ester groups is 1. The second-order valence-corrected chi connectivity index (χ2v) is 5.46. The van der Waals surface area contributed by atoms with Crippen LogP contribution < -0.4 is 5.73 Å². The standard InChI is InChI=1S/C9H14N5O4P/c1-6(3-18-19(15,16)17)2-14-5-13-7-8(10)11-4-12-9(7)14/h4-6H,2-3H2,1H3,(H2,10,11,12)(H2,15,16,17)/t6-/m1/s1. The van der Waals surface area contributed by atoms with E-state index < -0.39 is 7.82 Å². The van der Waals surface area contributed by atoms with E-state index in [0.717, 1.165) is 0 Å². The van der Waals surface area contributed by atoms with Crippen LogP contribution in [0.1, 0.15) is 6.92 Å². The lowest BCUT2D eigenvalue weighted by Gasteiger charge is -2.13. The van der Waals surface area contributed by atoms with E-state index in [4.69, 9.17) is 15.5 Å². The van der Waals surface area contributed by atoms with Gasteiger partial charge in [-0.2, -0.15) is 0 Å². The van der Waals surface area contributed by atoms with Crippen molar-refractivity contribution in [3.8, 4) is 0 Å². The number of rotatable bonds is 5. The van der Waals surface area contributed by atoms with Crippen molar-refractivity contribution in [2.45, 2.75) is 13.5 Å². The van der Waals surface area contributed by atoms with Crippen LogP contribution >= 0.6 is 7.82 Å². The number of aromatic nitrogens is 4. The Hall–Kier alpha value is -1.54. The van der Waals surface area contributed by atoms with Crippen LogP contribution in [0.2, 0.25) is 0 Å². The average molecular weight is 287 g/mol. The quantitative estimate of drug-likeness (QED) is 0.661. The molecule has 9 nitrogen and oxygen atoms in total. The number of nitrogen functional groups attached to an aromatic ring is 1. The van der Waals surface area contributed by atoms with Gasteiger partial charge in [0.15, 0.2) is 11.5 Å². The third kappa shape index (κ3) is 3.48. The topological polar surface area (TPSA) is 136 Å². The largest absolute Gasteiger partial charge is 0.469 e. The van der Waals surface area contributed by atoms with E-state index in [2.05, 4.69) is 19.5 Å². The molecular formula is C9H14N5O4P. The van der Waals surface area contributed by atoms with Crippen molar-refractivity contribution in [3.05, 3.63) is 12.7 Å². The lowest BCUT2D eigenvalue weighted by molar-refractivity contribution is 0.167. The van der Waals surface area contributed by atoms with Gasteiger partial charge in [-0.25, -0.2) is 19.5 Å². The molecule has 4 N–H and O–H groups in total. The fourth-order valence-corrected chi connectivity index (χ4v) is 2.09. The first-order valence-corrected chi connectivity index (χ1v) is 7.01. The average Bonchev–Trinajstić information content (AvgIpc) is 2.71. The molecular weight excluding hydrogens is 273 g/mol. The summed E-state index contributed by atoms with van der Waals surface area (Å²) in [5, 5.41) is 0. The van der Waals surface area contributed by atoms with Gasteiger partial charge in [-0.05, 0) is 5.92 Å². The molecule has 0 aliphatic rings. The van der Waals surface area contributed by atoms with Crippen molar-refractivity contribution in [2.24, 2.45) is 5.92 Å². The predicted molar refractivity (Wildman–Crippen MR) is 66.9 cm³/mol. The molecule has 19 heavy (non-hydrogen) atoms. The highest BCUT2D eigenvalue weighted by molar-refractivity contribution is 7.46. The number of hydrogen-bond donors (Lipinski definition) is 3. The Morgan fingerprint density at radius 2 is 2.21 bits per heavy atom. The van der Waals surface area contributed by atoms with E-state index in [-0.39, 0.29) is 12.5 Å². The molecule has 10 heteroatoms. The van der Waals surface area contributed by atoms with E-state index in [1.54, 1.807) is 17.8 Å². The Balaban J connectivity index is 2.09. The molecule has 2 rings (SSSR count). The monoisotopic (exact) mass is 287 g/mol. The molecule has 0 bridgehead atoms. The van der Waals surface area contributed by atoms with Gasteiger partial charge in [0.05, 0.1) is 12.9 Å². The van der Waals surface area contributed by atoms with Gasteiger partial charge in [0.25, 0.3) is 0 Å². The second-order valence-electron chi connectivity index (χ2n) is 4.22. The molecule has 0 aliphatic carbocycles. The molecule has 0 spiro atoms. The van der Waals surface area contributed by atoms with Crippen molar-refractivity contribution in [1.29, 1.82) is 0 Å². The molecule has 0 fully saturated rings. The van der Waals surface area contributed by atoms with Crippen LogP contribution in [0.3, 0.4) is 0 Å². The maximum Gasteiger partial charge on any atom is 0.469 e. The molecule has 2 heterocycles. The molecule has 2 aromatic heterocycles. The highest BCUT2D eigenvalue weighted by Crippen LogP contribution is 2.36. The van der Waals surface area contributed by atoms with Crippen LogP contribution in [0.5, 0.6) is 0 Å². The molecule has 2 aromatic rings. The Morgan fingerprint density at radius 1 is 1.47 bits per heavy atom. The number of nitrogens with zero attached hydrogens (tertiary/aromatic N) is 4. The predicted octanol–water partition coefficient (Wildman–Crippen LogP) is 0.154. The fraction of sp³-hybridized carbons (Fsp3) is 0.444. The van der Waals surface area contributed by atoms with Crippen molar-refractivity contribution >= 4 is 24.8 Å². The SMILES string of the molecule is C[C@@H](COP(=O)(O)O)Cn1cnc2c(N)ncnc21. The maximum absolute atomic E-state index is 10.6. The summed E-state index contributed by atoms with van der Waals surface area (Å²) in [4.78, 5) is 29.3. The van der Waals surface area contributed by atoms with E-state index >= 15 is 0 Å². The number of anilines is 1. The maximum atomic E-state index is 10.6. The van der Waals surface area contributed by atoms with Crippen molar-refractivity contribution < 1.29 is 18.9 Å². The number of imidazole rings is 1.